The Kier molecular flexibility index (Phi) is 4.39. The van der Waals surface area contributed by atoms with Gasteiger partial charge in [-0.2, -0.15) is 0 Å². The van der Waals surface area contributed by atoms with Crippen LogP contribution in [0, 0.1) is 11.3 Å². The Bertz CT molecular complexity index is 398. The van der Waals surface area contributed by atoms with Crippen molar-refractivity contribution >= 4 is 11.8 Å². The number of hydrogen-bond donors (Lipinski definition) is 1. The Hall–Kier alpha value is -0.470. The Morgan fingerprint density at radius 1 is 1.33 bits per heavy atom. The molecule has 2 rings (SSSR count). The summed E-state index contributed by atoms with van der Waals surface area (Å²) in [5.41, 5.74) is 1.85. The maximum atomic E-state index is 3.79. The zero-order valence-electron chi connectivity index (χ0n) is 12.0. The van der Waals surface area contributed by atoms with E-state index in [4.69, 9.17) is 0 Å². The molecule has 18 heavy (non-hydrogen) atoms. The first kappa shape index (κ1) is 14.0. The van der Waals surface area contributed by atoms with E-state index in [0.29, 0.717) is 17.4 Å². The van der Waals surface area contributed by atoms with E-state index in [1.54, 1.807) is 0 Å². The lowest BCUT2D eigenvalue weighted by atomic mass is 9.81. The van der Waals surface area contributed by atoms with Crippen LogP contribution in [0.4, 0.5) is 0 Å². The number of thioether (sulfide) groups is 1. The highest BCUT2D eigenvalue weighted by atomic mass is 32.2. The van der Waals surface area contributed by atoms with Gasteiger partial charge in [-0.3, -0.25) is 0 Å². The zero-order chi connectivity index (χ0) is 13.2. The molecule has 0 radical (unpaired) electrons. The monoisotopic (exact) mass is 263 g/mol. The minimum atomic E-state index is 0.361. The van der Waals surface area contributed by atoms with E-state index >= 15 is 0 Å². The molecule has 1 aromatic rings. The van der Waals surface area contributed by atoms with Crippen LogP contribution in [-0.4, -0.2) is 12.3 Å². The molecule has 100 valence electrons. The van der Waals surface area contributed by atoms with Gasteiger partial charge >= 0.3 is 0 Å². The highest BCUT2D eigenvalue weighted by Crippen LogP contribution is 2.36. The molecule has 1 aliphatic rings. The van der Waals surface area contributed by atoms with Gasteiger partial charge in [-0.1, -0.05) is 45.9 Å². The third kappa shape index (κ3) is 3.10. The molecular weight excluding hydrogens is 238 g/mol. The van der Waals surface area contributed by atoms with Crippen molar-refractivity contribution in [2.45, 2.75) is 45.1 Å². The van der Waals surface area contributed by atoms with Crippen molar-refractivity contribution in [2.24, 2.45) is 11.3 Å². The SMILES string of the molecule is CC(C)C(C)(C)CNC1CCSc2ccccc21. The second-order valence-electron chi connectivity index (χ2n) is 6.25. The third-order valence-electron chi connectivity index (χ3n) is 4.33. The number of nitrogens with one attached hydrogen (secondary N) is 1. The van der Waals surface area contributed by atoms with E-state index in [0.717, 1.165) is 6.54 Å². The van der Waals surface area contributed by atoms with Gasteiger partial charge in [0.25, 0.3) is 0 Å². The Labute approximate surface area is 116 Å². The van der Waals surface area contributed by atoms with Crippen molar-refractivity contribution in [2.75, 3.05) is 12.3 Å². The number of benzene rings is 1. The van der Waals surface area contributed by atoms with Gasteiger partial charge in [-0.25, -0.2) is 0 Å². The summed E-state index contributed by atoms with van der Waals surface area (Å²) in [7, 11) is 0. The first-order valence-electron chi connectivity index (χ1n) is 6.96. The Morgan fingerprint density at radius 3 is 2.78 bits per heavy atom. The molecule has 0 aliphatic carbocycles. The van der Waals surface area contributed by atoms with Crippen LogP contribution in [-0.2, 0) is 0 Å². The highest BCUT2D eigenvalue weighted by Gasteiger charge is 2.25. The van der Waals surface area contributed by atoms with Crippen LogP contribution >= 0.6 is 11.8 Å². The summed E-state index contributed by atoms with van der Waals surface area (Å²) >= 11 is 1.99. The first-order valence-corrected chi connectivity index (χ1v) is 7.94. The molecule has 1 atom stereocenters. The summed E-state index contributed by atoms with van der Waals surface area (Å²) in [4.78, 5) is 1.46. The third-order valence-corrected chi connectivity index (χ3v) is 5.45. The average Bonchev–Trinajstić information content (AvgIpc) is 2.36. The summed E-state index contributed by atoms with van der Waals surface area (Å²) in [6, 6.07) is 9.38. The predicted molar refractivity (Wildman–Crippen MR) is 81.1 cm³/mol. The van der Waals surface area contributed by atoms with Crippen molar-refractivity contribution in [1.82, 2.24) is 5.32 Å². The van der Waals surface area contributed by atoms with E-state index in [2.05, 4.69) is 57.3 Å². The van der Waals surface area contributed by atoms with Crippen LogP contribution in [0.2, 0.25) is 0 Å². The molecule has 1 heterocycles. The lowest BCUT2D eigenvalue weighted by molar-refractivity contribution is 0.226. The molecule has 0 saturated carbocycles. The molecule has 0 fully saturated rings. The lowest BCUT2D eigenvalue weighted by Gasteiger charge is -2.33. The van der Waals surface area contributed by atoms with Gasteiger partial charge in [0.15, 0.2) is 0 Å². The largest absolute Gasteiger partial charge is 0.309 e. The Morgan fingerprint density at radius 2 is 2.06 bits per heavy atom. The predicted octanol–water partition coefficient (Wildman–Crippen LogP) is 4.50. The second kappa shape index (κ2) is 5.66. The van der Waals surface area contributed by atoms with Gasteiger partial charge in [0.1, 0.15) is 0 Å². The normalized spacial score (nSPS) is 19.9. The molecule has 1 N–H and O–H groups in total. The molecule has 0 saturated heterocycles. The summed E-state index contributed by atoms with van der Waals surface area (Å²) in [5.74, 6) is 1.94. The van der Waals surface area contributed by atoms with Crippen molar-refractivity contribution < 1.29 is 0 Å². The molecule has 1 aromatic carbocycles. The van der Waals surface area contributed by atoms with E-state index in [9.17, 15) is 0 Å². The van der Waals surface area contributed by atoms with Crippen LogP contribution in [0.1, 0.15) is 45.7 Å². The average molecular weight is 263 g/mol. The van der Waals surface area contributed by atoms with Gasteiger partial charge in [-0.05, 0) is 35.1 Å². The first-order chi connectivity index (χ1) is 8.50. The maximum absolute atomic E-state index is 3.79. The molecule has 2 heteroatoms. The van der Waals surface area contributed by atoms with Crippen LogP contribution in [0.25, 0.3) is 0 Å². The van der Waals surface area contributed by atoms with E-state index in [1.165, 1.54) is 22.6 Å². The van der Waals surface area contributed by atoms with Gasteiger partial charge in [0.05, 0.1) is 0 Å². The quantitative estimate of drug-likeness (QED) is 0.858. The fraction of sp³-hybridized carbons (Fsp3) is 0.625. The van der Waals surface area contributed by atoms with Crippen LogP contribution in [0.5, 0.6) is 0 Å². The maximum Gasteiger partial charge on any atom is 0.0339 e. The molecule has 1 aliphatic heterocycles. The zero-order valence-corrected chi connectivity index (χ0v) is 12.8. The lowest BCUT2D eigenvalue weighted by Crippen LogP contribution is -2.36. The fourth-order valence-electron chi connectivity index (χ4n) is 2.14. The Balaban J connectivity index is 2.04. The van der Waals surface area contributed by atoms with Gasteiger partial charge in [0.2, 0.25) is 0 Å². The highest BCUT2D eigenvalue weighted by molar-refractivity contribution is 7.99. The molecule has 1 nitrogen and oxygen atoms in total. The standard InChI is InChI=1S/C16H25NS/c1-12(2)16(3,4)11-17-14-9-10-18-15-8-6-5-7-13(14)15/h5-8,12,14,17H,9-11H2,1-4H3. The second-order valence-corrected chi connectivity index (χ2v) is 7.39. The summed E-state index contributed by atoms with van der Waals surface area (Å²) in [6.07, 6.45) is 1.25. The number of hydrogen-bond acceptors (Lipinski definition) is 2. The summed E-state index contributed by atoms with van der Waals surface area (Å²) in [6.45, 7) is 10.4. The van der Waals surface area contributed by atoms with Crippen LogP contribution in [0.15, 0.2) is 29.2 Å². The van der Waals surface area contributed by atoms with E-state index in [-0.39, 0.29) is 0 Å². The molecular formula is C16H25NS. The summed E-state index contributed by atoms with van der Waals surface area (Å²) < 4.78 is 0. The van der Waals surface area contributed by atoms with E-state index in [1.807, 2.05) is 11.8 Å². The fourth-order valence-corrected chi connectivity index (χ4v) is 3.27. The van der Waals surface area contributed by atoms with Gasteiger partial charge in [0, 0.05) is 17.5 Å². The number of fused-ring (bicyclic) bond motifs is 1. The molecule has 0 spiro atoms. The van der Waals surface area contributed by atoms with Crippen molar-refractivity contribution in [3.63, 3.8) is 0 Å². The molecule has 0 bridgehead atoms. The molecule has 1 unspecified atom stereocenters. The minimum Gasteiger partial charge on any atom is -0.309 e. The van der Waals surface area contributed by atoms with Crippen molar-refractivity contribution in [3.05, 3.63) is 29.8 Å². The van der Waals surface area contributed by atoms with Gasteiger partial charge in [-0.15, -0.1) is 11.8 Å². The molecule has 0 amide bonds. The number of rotatable bonds is 4. The molecule has 0 aromatic heterocycles. The topological polar surface area (TPSA) is 12.0 Å². The summed E-state index contributed by atoms with van der Waals surface area (Å²) in [5, 5.41) is 3.79. The van der Waals surface area contributed by atoms with E-state index < -0.39 is 0 Å². The van der Waals surface area contributed by atoms with Crippen LogP contribution < -0.4 is 5.32 Å². The van der Waals surface area contributed by atoms with Crippen molar-refractivity contribution in [3.8, 4) is 0 Å². The smallest absolute Gasteiger partial charge is 0.0339 e. The van der Waals surface area contributed by atoms with Crippen LogP contribution in [0.3, 0.4) is 0 Å². The van der Waals surface area contributed by atoms with Gasteiger partial charge < -0.3 is 5.32 Å². The van der Waals surface area contributed by atoms with Crippen molar-refractivity contribution in [1.29, 1.82) is 0 Å². The minimum absolute atomic E-state index is 0.361.